The Morgan fingerprint density at radius 2 is 1.90 bits per heavy atom. The van der Waals surface area contributed by atoms with Crippen molar-refractivity contribution < 1.29 is 14.3 Å². The number of nitrogens with zero attached hydrogens (tertiary/aromatic N) is 4. The van der Waals surface area contributed by atoms with Crippen LogP contribution in [0.3, 0.4) is 0 Å². The van der Waals surface area contributed by atoms with E-state index in [4.69, 9.17) is 4.74 Å². The maximum atomic E-state index is 12.9. The molecule has 1 amide bonds. The molecule has 1 N–H and O–H groups in total. The first-order valence-electron chi connectivity index (χ1n) is 9.71. The standard InChI is InChI=1S/C23H17N5O3/c29-22(25-18-7-4-8-19(13-18)28-14-24-26-27-28)16-9-10-20-17(11-16)12-21(31-23(20)30)15-5-2-1-3-6-15/h1-11,13-14,21H,12H2,(H,25,29). The topological polar surface area (TPSA) is 99.0 Å². The molecule has 8 heteroatoms. The lowest BCUT2D eigenvalue weighted by atomic mass is 9.93. The summed E-state index contributed by atoms with van der Waals surface area (Å²) in [6, 6.07) is 21.8. The van der Waals surface area contributed by atoms with E-state index < -0.39 is 0 Å². The average molecular weight is 411 g/mol. The van der Waals surface area contributed by atoms with Gasteiger partial charge < -0.3 is 10.1 Å². The summed E-state index contributed by atoms with van der Waals surface area (Å²) in [7, 11) is 0. The maximum Gasteiger partial charge on any atom is 0.339 e. The maximum absolute atomic E-state index is 12.9. The summed E-state index contributed by atoms with van der Waals surface area (Å²) in [6.07, 6.45) is 1.63. The second-order valence-corrected chi connectivity index (χ2v) is 7.14. The molecule has 2 heterocycles. The van der Waals surface area contributed by atoms with Gasteiger partial charge in [-0.2, -0.15) is 0 Å². The molecule has 0 radical (unpaired) electrons. The Morgan fingerprint density at radius 1 is 1.03 bits per heavy atom. The highest BCUT2D eigenvalue weighted by molar-refractivity contribution is 6.05. The molecule has 4 aromatic rings. The van der Waals surface area contributed by atoms with Gasteiger partial charge in [-0.1, -0.05) is 36.4 Å². The Bertz CT molecular complexity index is 1260. The van der Waals surface area contributed by atoms with Gasteiger partial charge in [0.2, 0.25) is 0 Å². The molecule has 0 spiro atoms. The van der Waals surface area contributed by atoms with Crippen molar-refractivity contribution in [2.45, 2.75) is 12.5 Å². The molecule has 0 saturated heterocycles. The molecule has 1 aromatic heterocycles. The fraction of sp³-hybridized carbons (Fsp3) is 0.0870. The van der Waals surface area contributed by atoms with Gasteiger partial charge >= 0.3 is 5.97 Å². The van der Waals surface area contributed by atoms with Crippen LogP contribution in [0.5, 0.6) is 0 Å². The SMILES string of the molecule is O=C(Nc1cccc(-n2cnnn2)c1)c1ccc2c(c1)CC(c1ccccc1)OC2=O. The minimum atomic E-state index is -0.379. The molecule has 152 valence electrons. The molecule has 0 aliphatic carbocycles. The van der Waals surface area contributed by atoms with Crippen LogP contribution in [0.15, 0.2) is 79.1 Å². The number of hydrogen-bond donors (Lipinski definition) is 1. The third-order valence-corrected chi connectivity index (χ3v) is 5.13. The number of rotatable bonds is 4. The van der Waals surface area contributed by atoms with Gasteiger partial charge in [-0.05, 0) is 58.0 Å². The van der Waals surface area contributed by atoms with Crippen molar-refractivity contribution in [1.82, 2.24) is 20.2 Å². The van der Waals surface area contributed by atoms with E-state index in [1.54, 1.807) is 36.4 Å². The number of tetrazole rings is 1. The molecule has 1 unspecified atom stereocenters. The average Bonchev–Trinajstić information content (AvgIpc) is 3.34. The second-order valence-electron chi connectivity index (χ2n) is 7.14. The zero-order valence-electron chi connectivity index (χ0n) is 16.3. The Morgan fingerprint density at radius 3 is 2.71 bits per heavy atom. The van der Waals surface area contributed by atoms with Crippen LogP contribution in [0.4, 0.5) is 5.69 Å². The molecular formula is C23H17N5O3. The van der Waals surface area contributed by atoms with Gasteiger partial charge in [0, 0.05) is 17.7 Å². The van der Waals surface area contributed by atoms with Gasteiger partial charge in [-0.3, -0.25) is 4.79 Å². The van der Waals surface area contributed by atoms with Crippen LogP contribution < -0.4 is 5.32 Å². The number of benzene rings is 3. The number of carbonyl (C=O) groups excluding carboxylic acids is 2. The molecule has 0 saturated carbocycles. The number of carbonyl (C=O) groups is 2. The summed E-state index contributed by atoms with van der Waals surface area (Å²) in [5.74, 6) is -0.650. The summed E-state index contributed by atoms with van der Waals surface area (Å²) in [4.78, 5) is 25.3. The molecule has 1 aliphatic rings. The third kappa shape index (κ3) is 3.78. The number of nitrogens with one attached hydrogen (secondary N) is 1. The zero-order valence-corrected chi connectivity index (χ0v) is 16.3. The van der Waals surface area contributed by atoms with Crippen LogP contribution in [0.1, 0.15) is 37.9 Å². The van der Waals surface area contributed by atoms with Gasteiger partial charge in [0.1, 0.15) is 12.4 Å². The molecule has 3 aromatic carbocycles. The first kappa shape index (κ1) is 18.7. The summed E-state index contributed by atoms with van der Waals surface area (Å²) >= 11 is 0. The minimum Gasteiger partial charge on any atom is -0.454 e. The van der Waals surface area contributed by atoms with Gasteiger partial charge in [0.05, 0.1) is 11.3 Å². The van der Waals surface area contributed by atoms with Crippen LogP contribution in [-0.4, -0.2) is 32.1 Å². The van der Waals surface area contributed by atoms with E-state index in [9.17, 15) is 9.59 Å². The van der Waals surface area contributed by atoms with Crippen LogP contribution >= 0.6 is 0 Å². The predicted octanol–water partition coefficient (Wildman–Crippen LogP) is 3.37. The van der Waals surface area contributed by atoms with Crippen LogP contribution in [0.25, 0.3) is 5.69 Å². The van der Waals surface area contributed by atoms with Crippen molar-refractivity contribution in [3.8, 4) is 5.69 Å². The fourth-order valence-corrected chi connectivity index (χ4v) is 3.60. The van der Waals surface area contributed by atoms with Crippen molar-refractivity contribution in [2.75, 3.05) is 5.32 Å². The van der Waals surface area contributed by atoms with Gasteiger partial charge in [0.25, 0.3) is 5.91 Å². The minimum absolute atomic E-state index is 0.271. The summed E-state index contributed by atoms with van der Waals surface area (Å²) in [5, 5.41) is 14.0. The van der Waals surface area contributed by atoms with Gasteiger partial charge in [0.15, 0.2) is 0 Å². The van der Waals surface area contributed by atoms with Crippen molar-refractivity contribution in [2.24, 2.45) is 0 Å². The molecule has 5 rings (SSSR count). The first-order valence-corrected chi connectivity index (χ1v) is 9.71. The Balaban J connectivity index is 1.38. The monoisotopic (exact) mass is 411 g/mol. The number of cyclic esters (lactones) is 1. The van der Waals surface area contributed by atoms with Gasteiger partial charge in [-0.15, -0.1) is 5.10 Å². The normalized spacial score (nSPS) is 15.1. The van der Waals surface area contributed by atoms with Gasteiger partial charge in [-0.25, -0.2) is 9.48 Å². The number of anilines is 1. The summed E-state index contributed by atoms with van der Waals surface area (Å²) < 4.78 is 7.09. The van der Waals surface area contributed by atoms with E-state index in [-0.39, 0.29) is 18.0 Å². The molecule has 1 aliphatic heterocycles. The molecule has 8 nitrogen and oxygen atoms in total. The van der Waals surface area contributed by atoms with Crippen molar-refractivity contribution in [1.29, 1.82) is 0 Å². The number of hydrogen-bond acceptors (Lipinski definition) is 6. The lowest BCUT2D eigenvalue weighted by Crippen LogP contribution is -2.23. The highest BCUT2D eigenvalue weighted by Gasteiger charge is 2.28. The number of fused-ring (bicyclic) bond motifs is 1. The fourth-order valence-electron chi connectivity index (χ4n) is 3.60. The molecule has 0 fully saturated rings. The molecule has 31 heavy (non-hydrogen) atoms. The summed E-state index contributed by atoms with van der Waals surface area (Å²) in [6.45, 7) is 0. The van der Waals surface area contributed by atoms with Crippen LogP contribution in [-0.2, 0) is 11.2 Å². The van der Waals surface area contributed by atoms with E-state index in [0.717, 1.165) is 16.8 Å². The smallest absolute Gasteiger partial charge is 0.339 e. The van der Waals surface area contributed by atoms with Crippen LogP contribution in [0.2, 0.25) is 0 Å². The number of ether oxygens (including phenoxy) is 1. The molecule has 0 bridgehead atoms. The summed E-state index contributed by atoms with van der Waals surface area (Å²) in [5.41, 5.74) is 4.01. The quantitative estimate of drug-likeness (QED) is 0.517. The van der Waals surface area contributed by atoms with Crippen LogP contribution in [0, 0.1) is 0 Å². The molecular weight excluding hydrogens is 394 g/mol. The number of aromatic nitrogens is 4. The Hall–Kier alpha value is -4.33. The van der Waals surface area contributed by atoms with E-state index in [2.05, 4.69) is 20.8 Å². The largest absolute Gasteiger partial charge is 0.454 e. The number of esters is 1. The van der Waals surface area contributed by atoms with E-state index >= 15 is 0 Å². The molecule has 1 atom stereocenters. The highest BCUT2D eigenvalue weighted by Crippen LogP contribution is 2.31. The Labute approximate surface area is 177 Å². The van der Waals surface area contributed by atoms with E-state index in [0.29, 0.717) is 23.2 Å². The number of amides is 1. The first-order chi connectivity index (χ1) is 15.2. The predicted molar refractivity (Wildman–Crippen MR) is 112 cm³/mol. The van der Waals surface area contributed by atoms with Crippen molar-refractivity contribution in [3.05, 3.63) is 101 Å². The lowest BCUT2D eigenvalue weighted by Gasteiger charge is -2.25. The second kappa shape index (κ2) is 7.83. The van der Waals surface area contributed by atoms with E-state index in [1.165, 1.54) is 11.0 Å². The zero-order chi connectivity index (χ0) is 21.2. The third-order valence-electron chi connectivity index (χ3n) is 5.13. The lowest BCUT2D eigenvalue weighted by molar-refractivity contribution is 0.0252. The highest BCUT2D eigenvalue weighted by atomic mass is 16.5. The van der Waals surface area contributed by atoms with E-state index in [1.807, 2.05) is 36.4 Å². The Kier molecular flexibility index (Phi) is 4.72. The van der Waals surface area contributed by atoms with Crippen molar-refractivity contribution >= 4 is 17.6 Å². The van der Waals surface area contributed by atoms with Crippen molar-refractivity contribution in [3.63, 3.8) is 0 Å².